The van der Waals surface area contributed by atoms with Crippen molar-refractivity contribution in [3.8, 4) is 21.6 Å². The Labute approximate surface area is 144 Å². The van der Waals surface area contributed by atoms with Crippen molar-refractivity contribution in [3.05, 3.63) is 70.6 Å². The Morgan fingerprint density at radius 2 is 1.62 bits per heavy atom. The molecule has 0 nitrogen and oxygen atoms in total. The molecule has 0 spiro atoms. The average Bonchev–Trinajstić information content (AvgIpc) is 2.95. The molecule has 0 saturated heterocycles. The molecule has 1 heterocycles. The summed E-state index contributed by atoms with van der Waals surface area (Å²) in [5.41, 5.74) is 4.26. The Morgan fingerprint density at radius 1 is 0.875 bits per heavy atom. The summed E-state index contributed by atoms with van der Waals surface area (Å²) < 4.78 is 28.9. The van der Waals surface area contributed by atoms with Crippen LogP contribution in [-0.2, 0) is 0 Å². The van der Waals surface area contributed by atoms with Gasteiger partial charge in [-0.1, -0.05) is 51.1 Å². The van der Waals surface area contributed by atoms with Crippen LogP contribution >= 0.6 is 11.3 Å². The minimum Gasteiger partial charge on any atom is -0.204 e. The van der Waals surface area contributed by atoms with Gasteiger partial charge in [0.25, 0.3) is 0 Å². The van der Waals surface area contributed by atoms with Crippen LogP contribution in [0.5, 0.6) is 0 Å². The zero-order chi connectivity index (χ0) is 17.1. The molecule has 3 aromatic rings. The first-order chi connectivity index (χ1) is 11.4. The lowest BCUT2D eigenvalue weighted by atomic mass is 9.71. The highest BCUT2D eigenvalue weighted by molar-refractivity contribution is 7.14. The van der Waals surface area contributed by atoms with Gasteiger partial charge < -0.3 is 0 Å². The number of hydrogen-bond donors (Lipinski definition) is 0. The summed E-state index contributed by atoms with van der Waals surface area (Å²) in [7, 11) is 0. The molecule has 1 unspecified atom stereocenters. The number of rotatable bonds is 0. The first-order valence-corrected chi connectivity index (χ1v) is 8.92. The summed E-state index contributed by atoms with van der Waals surface area (Å²) in [6.45, 7) is 6.46. The van der Waals surface area contributed by atoms with Crippen molar-refractivity contribution in [2.45, 2.75) is 26.7 Å². The number of thiophene rings is 1. The maximum Gasteiger partial charge on any atom is 0.166 e. The third kappa shape index (κ3) is 2.15. The minimum atomic E-state index is -0.787. The lowest BCUT2D eigenvalue weighted by Gasteiger charge is -2.33. The van der Waals surface area contributed by atoms with E-state index in [4.69, 9.17) is 0 Å². The van der Waals surface area contributed by atoms with Crippen LogP contribution in [0.15, 0.2) is 47.8 Å². The Kier molecular flexibility index (Phi) is 3.40. The highest BCUT2D eigenvalue weighted by atomic mass is 32.1. The molecule has 1 aliphatic carbocycles. The summed E-state index contributed by atoms with van der Waals surface area (Å²) in [6.07, 6.45) is 0. The van der Waals surface area contributed by atoms with Crippen LogP contribution in [0, 0.1) is 17.0 Å². The topological polar surface area (TPSA) is 0 Å². The van der Waals surface area contributed by atoms with Crippen molar-refractivity contribution in [2.75, 3.05) is 0 Å². The number of halogens is 2. The molecule has 122 valence electrons. The molecular formula is C21H18F2S. The molecule has 2 aromatic carbocycles. The summed E-state index contributed by atoms with van der Waals surface area (Å²) in [5.74, 6) is -1.53. The Morgan fingerprint density at radius 3 is 2.38 bits per heavy atom. The summed E-state index contributed by atoms with van der Waals surface area (Å²) >= 11 is 1.58. The molecule has 0 fully saturated rings. The van der Waals surface area contributed by atoms with E-state index in [0.29, 0.717) is 5.56 Å². The van der Waals surface area contributed by atoms with Gasteiger partial charge in [0.15, 0.2) is 11.6 Å². The van der Waals surface area contributed by atoms with Gasteiger partial charge >= 0.3 is 0 Å². The molecule has 1 atom stereocenters. The molecule has 1 aromatic heterocycles. The Bertz CT molecular complexity index is 931. The van der Waals surface area contributed by atoms with Crippen molar-refractivity contribution in [3.63, 3.8) is 0 Å². The van der Waals surface area contributed by atoms with Crippen LogP contribution in [0.1, 0.15) is 37.8 Å². The van der Waals surface area contributed by atoms with Gasteiger partial charge in [-0.2, -0.15) is 0 Å². The molecule has 1 aliphatic rings. The van der Waals surface area contributed by atoms with Crippen molar-refractivity contribution in [1.29, 1.82) is 0 Å². The van der Waals surface area contributed by atoms with Gasteiger partial charge in [0.2, 0.25) is 0 Å². The average molecular weight is 340 g/mol. The maximum absolute atomic E-state index is 14.8. The predicted molar refractivity (Wildman–Crippen MR) is 96.4 cm³/mol. The molecule has 24 heavy (non-hydrogen) atoms. The van der Waals surface area contributed by atoms with Crippen molar-refractivity contribution in [2.24, 2.45) is 5.41 Å². The van der Waals surface area contributed by atoms with E-state index in [9.17, 15) is 8.78 Å². The van der Waals surface area contributed by atoms with E-state index in [1.807, 2.05) is 23.6 Å². The molecule has 0 aliphatic heterocycles. The lowest BCUT2D eigenvalue weighted by Crippen LogP contribution is -2.20. The van der Waals surface area contributed by atoms with E-state index >= 15 is 0 Å². The van der Waals surface area contributed by atoms with Crippen molar-refractivity contribution >= 4 is 11.3 Å². The van der Waals surface area contributed by atoms with Crippen LogP contribution in [0.4, 0.5) is 8.78 Å². The normalized spacial score (nSPS) is 16.1. The summed E-state index contributed by atoms with van der Waals surface area (Å²) in [5, 5.41) is 1.95. The Balaban J connectivity index is 2.19. The maximum atomic E-state index is 14.8. The number of hydrogen-bond acceptors (Lipinski definition) is 1. The summed E-state index contributed by atoms with van der Waals surface area (Å²) in [6, 6.07) is 13.2. The van der Waals surface area contributed by atoms with Gasteiger partial charge in [-0.05, 0) is 39.6 Å². The smallest absolute Gasteiger partial charge is 0.166 e. The molecular weight excluding hydrogens is 322 g/mol. The molecule has 4 rings (SSSR count). The second-order valence-corrected chi connectivity index (χ2v) is 8.29. The first-order valence-electron chi connectivity index (χ1n) is 8.04. The van der Waals surface area contributed by atoms with Gasteiger partial charge in [0.1, 0.15) is 0 Å². The van der Waals surface area contributed by atoms with Crippen LogP contribution in [-0.4, -0.2) is 0 Å². The van der Waals surface area contributed by atoms with Gasteiger partial charge in [-0.15, -0.1) is 11.3 Å². The highest BCUT2D eigenvalue weighted by Gasteiger charge is 2.36. The van der Waals surface area contributed by atoms with Gasteiger partial charge in [-0.3, -0.25) is 0 Å². The highest BCUT2D eigenvalue weighted by Crippen LogP contribution is 2.53. The van der Waals surface area contributed by atoms with Crippen LogP contribution in [0.3, 0.4) is 0 Å². The molecule has 3 heteroatoms. The zero-order valence-electron chi connectivity index (χ0n) is 13.9. The van der Waals surface area contributed by atoms with E-state index in [1.165, 1.54) is 11.6 Å². The second-order valence-electron chi connectivity index (χ2n) is 7.38. The lowest BCUT2D eigenvalue weighted by molar-refractivity contribution is 0.358. The van der Waals surface area contributed by atoms with Gasteiger partial charge in [0.05, 0.1) is 0 Å². The first kappa shape index (κ1) is 15.5. The fraction of sp³-hybridized carbons (Fsp3) is 0.238. The monoisotopic (exact) mass is 340 g/mol. The molecule has 0 radical (unpaired) electrons. The largest absolute Gasteiger partial charge is 0.204 e. The quantitative estimate of drug-likeness (QED) is 0.420. The fourth-order valence-corrected chi connectivity index (χ4v) is 4.80. The third-order valence-corrected chi connectivity index (χ3v) is 5.70. The molecule has 0 amide bonds. The van der Waals surface area contributed by atoms with Crippen LogP contribution in [0.2, 0.25) is 0 Å². The van der Waals surface area contributed by atoms with Crippen molar-refractivity contribution < 1.29 is 8.78 Å². The predicted octanol–water partition coefficient (Wildman–Crippen LogP) is 6.85. The second kappa shape index (κ2) is 5.25. The van der Waals surface area contributed by atoms with Crippen molar-refractivity contribution in [1.82, 2.24) is 0 Å². The van der Waals surface area contributed by atoms with Crippen LogP contribution in [0.25, 0.3) is 21.6 Å². The molecule has 0 saturated carbocycles. The van der Waals surface area contributed by atoms with E-state index < -0.39 is 11.6 Å². The number of benzene rings is 2. The zero-order valence-corrected chi connectivity index (χ0v) is 14.7. The van der Waals surface area contributed by atoms with E-state index in [1.54, 1.807) is 17.4 Å². The Hall–Kier alpha value is -2.00. The molecule has 0 N–H and O–H groups in total. The minimum absolute atomic E-state index is 0.00148. The van der Waals surface area contributed by atoms with Gasteiger partial charge in [0, 0.05) is 21.9 Å². The summed E-state index contributed by atoms with van der Waals surface area (Å²) in [4.78, 5) is 1.02. The standard InChI is InChI=1S/C21H18F2S/c1-21(2,3)18-12-6-4-5-7-13(12)20-15(10-11-24-20)17-14(18)8-9-16(22)19(17)23/h4-11,18H,1-3H3. The van der Waals surface area contributed by atoms with E-state index in [2.05, 4.69) is 32.9 Å². The van der Waals surface area contributed by atoms with E-state index in [0.717, 1.165) is 21.6 Å². The van der Waals surface area contributed by atoms with Gasteiger partial charge in [-0.25, -0.2) is 8.78 Å². The number of fused-ring (bicyclic) bond motifs is 5. The molecule has 0 bridgehead atoms. The van der Waals surface area contributed by atoms with E-state index in [-0.39, 0.29) is 11.3 Å². The fourth-order valence-electron chi connectivity index (χ4n) is 3.85. The SMILES string of the molecule is CC(C)(C)C1c2ccccc2-c2sccc2-c2c1ccc(F)c2F. The third-order valence-electron chi connectivity index (χ3n) is 4.76. The van der Waals surface area contributed by atoms with Crippen LogP contribution < -0.4 is 0 Å².